The summed E-state index contributed by atoms with van der Waals surface area (Å²) in [6.45, 7) is 6.34. The lowest BCUT2D eigenvalue weighted by Gasteiger charge is -2.28. The molecule has 3 rings (SSSR count). The number of imidazole rings is 1. The molecule has 1 heterocycles. The number of nitrogens with one attached hydrogen (secondary N) is 1. The van der Waals surface area contributed by atoms with Crippen LogP contribution in [0.4, 0.5) is 4.79 Å². The van der Waals surface area contributed by atoms with E-state index < -0.39 is 28.3 Å². The minimum absolute atomic E-state index is 0.0811. The van der Waals surface area contributed by atoms with Crippen molar-refractivity contribution < 1.29 is 18.3 Å². The highest BCUT2D eigenvalue weighted by molar-refractivity contribution is 9.10. The largest absolute Gasteiger partial charge is 0.465 e. The monoisotopic (exact) mass is 604 g/mol. The predicted molar refractivity (Wildman–Crippen MR) is 154 cm³/mol. The van der Waals surface area contributed by atoms with Gasteiger partial charge in [-0.3, -0.25) is 0 Å². The first kappa shape index (κ1) is 29.9. The zero-order valence-electron chi connectivity index (χ0n) is 22.6. The normalized spacial score (nSPS) is 13.9. The van der Waals surface area contributed by atoms with E-state index in [1.807, 2.05) is 54.6 Å². The van der Waals surface area contributed by atoms with Gasteiger partial charge in [-0.1, -0.05) is 85.6 Å². The highest BCUT2D eigenvalue weighted by Crippen LogP contribution is 2.31. The second kappa shape index (κ2) is 12.4. The van der Waals surface area contributed by atoms with Gasteiger partial charge in [0.15, 0.2) is 0 Å². The summed E-state index contributed by atoms with van der Waals surface area (Å²) in [6, 6.07) is 16.7. The van der Waals surface area contributed by atoms with Crippen molar-refractivity contribution in [3.63, 3.8) is 0 Å². The molecule has 0 fully saturated rings. The van der Waals surface area contributed by atoms with Gasteiger partial charge in [0.2, 0.25) is 0 Å². The fraction of sp³-hybridized carbons (Fsp3) is 0.429. The van der Waals surface area contributed by atoms with E-state index in [0.717, 1.165) is 26.3 Å². The quantitative estimate of drug-likeness (QED) is 0.285. The van der Waals surface area contributed by atoms with E-state index in [2.05, 4.69) is 42.0 Å². The summed E-state index contributed by atoms with van der Waals surface area (Å²) in [5, 5.41) is 12.5. The lowest BCUT2D eigenvalue weighted by atomic mass is 9.85. The Hall–Kier alpha value is -2.69. The van der Waals surface area contributed by atoms with Crippen molar-refractivity contribution in [2.75, 3.05) is 14.1 Å². The van der Waals surface area contributed by atoms with Crippen molar-refractivity contribution in [3.05, 3.63) is 87.9 Å². The lowest BCUT2D eigenvalue weighted by molar-refractivity contribution is 0.187. The van der Waals surface area contributed by atoms with Crippen LogP contribution >= 0.6 is 15.9 Å². The summed E-state index contributed by atoms with van der Waals surface area (Å²) in [4.78, 5) is 16.9. The Morgan fingerprint density at radius 2 is 1.68 bits per heavy atom. The van der Waals surface area contributed by atoms with E-state index in [1.54, 1.807) is 6.20 Å². The molecule has 2 aromatic carbocycles. The Bertz CT molecular complexity index is 1320. The molecule has 1 aromatic heterocycles. The molecule has 10 heteroatoms. The summed E-state index contributed by atoms with van der Waals surface area (Å²) in [5.74, 6) is -0.251. The molecule has 1 amide bonds. The maximum atomic E-state index is 13.5. The molecule has 0 radical (unpaired) electrons. The second-order valence-corrected chi connectivity index (χ2v) is 13.5. The van der Waals surface area contributed by atoms with Crippen molar-refractivity contribution >= 4 is 32.2 Å². The maximum absolute atomic E-state index is 13.5. The minimum Gasteiger partial charge on any atom is -0.465 e. The van der Waals surface area contributed by atoms with Crippen LogP contribution in [0, 0.1) is 5.41 Å². The summed E-state index contributed by atoms with van der Waals surface area (Å²) in [5.41, 5.74) is 2.46. The molecule has 2 N–H and O–H groups in total. The zero-order chi connectivity index (χ0) is 28.1. The number of amides is 1. The molecule has 2 atom stereocenters. The SMILES string of the molecule is CCC(C)(C)Cc1cn(S(=O)(=O)N(C)C)c(C(Cc2ccc(Br)cc2)C(Cc2ccccc2)NC(=O)O)n1. The molecule has 0 aliphatic rings. The molecule has 3 aromatic rings. The number of carbonyl (C=O) groups is 1. The van der Waals surface area contributed by atoms with Gasteiger partial charge in [-0.2, -0.15) is 12.7 Å². The van der Waals surface area contributed by atoms with E-state index in [1.165, 1.54) is 18.1 Å². The lowest BCUT2D eigenvalue weighted by Crippen LogP contribution is -2.42. The molecule has 0 saturated heterocycles. The average Bonchev–Trinajstić information content (AvgIpc) is 3.27. The van der Waals surface area contributed by atoms with Crippen molar-refractivity contribution in [2.45, 2.75) is 58.4 Å². The first-order valence-corrected chi connectivity index (χ1v) is 14.8. The van der Waals surface area contributed by atoms with Crippen LogP contribution < -0.4 is 5.32 Å². The summed E-state index contributed by atoms with van der Waals surface area (Å²) >= 11 is 3.46. The van der Waals surface area contributed by atoms with Gasteiger partial charge in [-0.15, -0.1) is 0 Å². The standard InChI is InChI=1S/C28H37BrN4O4S/c1-6-28(2,3)18-23-19-33(38(36,37)32(4)5)26(30-23)24(16-21-12-14-22(29)15-13-21)25(31-27(34)35)17-20-10-8-7-9-11-20/h7-15,19,24-25,31H,6,16-18H2,1-5H3,(H,34,35). The van der Waals surface area contributed by atoms with Gasteiger partial charge in [0.25, 0.3) is 0 Å². The van der Waals surface area contributed by atoms with Gasteiger partial charge in [-0.05, 0) is 47.9 Å². The smallest absolute Gasteiger partial charge is 0.404 e. The molecule has 2 unspecified atom stereocenters. The number of benzene rings is 2. The van der Waals surface area contributed by atoms with E-state index in [0.29, 0.717) is 30.8 Å². The molecule has 206 valence electrons. The molecule has 38 heavy (non-hydrogen) atoms. The van der Waals surface area contributed by atoms with Gasteiger partial charge in [-0.25, -0.2) is 13.8 Å². The van der Waals surface area contributed by atoms with Crippen molar-refractivity contribution in [2.24, 2.45) is 5.41 Å². The molecule has 8 nitrogen and oxygen atoms in total. The summed E-state index contributed by atoms with van der Waals surface area (Å²) in [7, 11) is -0.960. The highest BCUT2D eigenvalue weighted by atomic mass is 79.9. The van der Waals surface area contributed by atoms with Gasteiger partial charge in [0, 0.05) is 36.7 Å². The van der Waals surface area contributed by atoms with Crippen molar-refractivity contribution in [1.82, 2.24) is 18.6 Å². The van der Waals surface area contributed by atoms with E-state index in [9.17, 15) is 18.3 Å². The molecule has 0 spiro atoms. The third-order valence-electron chi connectivity index (χ3n) is 6.87. The summed E-state index contributed by atoms with van der Waals surface area (Å²) in [6.07, 6.45) is 2.67. The third kappa shape index (κ3) is 7.68. The average molecular weight is 606 g/mol. The fourth-order valence-corrected chi connectivity index (χ4v) is 5.63. The Kier molecular flexibility index (Phi) is 9.78. The predicted octanol–water partition coefficient (Wildman–Crippen LogP) is 5.48. The first-order chi connectivity index (χ1) is 17.8. The molecular weight excluding hydrogens is 568 g/mol. The molecular formula is C28H37BrN4O4S. The van der Waals surface area contributed by atoms with Crippen LogP contribution in [0.25, 0.3) is 0 Å². The van der Waals surface area contributed by atoms with Crippen LogP contribution in [0.3, 0.4) is 0 Å². The van der Waals surface area contributed by atoms with Crippen LogP contribution in [-0.4, -0.2) is 53.0 Å². The topological polar surface area (TPSA) is 105 Å². The van der Waals surface area contributed by atoms with Crippen LogP contribution in [0.1, 0.15) is 55.8 Å². The molecule has 0 aliphatic carbocycles. The van der Waals surface area contributed by atoms with Crippen LogP contribution in [0.5, 0.6) is 0 Å². The zero-order valence-corrected chi connectivity index (χ0v) is 25.0. The van der Waals surface area contributed by atoms with Crippen molar-refractivity contribution in [3.8, 4) is 0 Å². The Morgan fingerprint density at radius 1 is 1.08 bits per heavy atom. The van der Waals surface area contributed by atoms with E-state index in [-0.39, 0.29) is 5.41 Å². The Morgan fingerprint density at radius 3 is 2.24 bits per heavy atom. The maximum Gasteiger partial charge on any atom is 0.404 e. The van der Waals surface area contributed by atoms with Crippen LogP contribution in [-0.2, 0) is 29.5 Å². The third-order valence-corrected chi connectivity index (χ3v) is 9.11. The highest BCUT2D eigenvalue weighted by Gasteiger charge is 2.34. The number of hydrogen-bond donors (Lipinski definition) is 2. The number of hydrogen-bond acceptors (Lipinski definition) is 4. The summed E-state index contributed by atoms with van der Waals surface area (Å²) < 4.78 is 30.3. The van der Waals surface area contributed by atoms with Gasteiger partial charge in [0.05, 0.1) is 5.69 Å². The molecule has 0 aliphatic heterocycles. The number of nitrogens with zero attached hydrogens (tertiary/aromatic N) is 3. The van der Waals surface area contributed by atoms with Crippen LogP contribution in [0.2, 0.25) is 0 Å². The first-order valence-electron chi connectivity index (χ1n) is 12.6. The number of halogens is 1. The van der Waals surface area contributed by atoms with E-state index in [4.69, 9.17) is 4.98 Å². The Balaban J connectivity index is 2.21. The number of carboxylic acid groups (broad SMARTS) is 1. The molecule has 0 saturated carbocycles. The number of aromatic nitrogens is 2. The minimum atomic E-state index is -3.92. The second-order valence-electron chi connectivity index (χ2n) is 10.6. The fourth-order valence-electron chi connectivity index (χ4n) is 4.34. The van der Waals surface area contributed by atoms with Gasteiger partial charge in [0.1, 0.15) is 5.82 Å². The van der Waals surface area contributed by atoms with E-state index >= 15 is 0 Å². The van der Waals surface area contributed by atoms with Gasteiger partial charge < -0.3 is 10.4 Å². The van der Waals surface area contributed by atoms with Gasteiger partial charge >= 0.3 is 16.3 Å². The van der Waals surface area contributed by atoms with Crippen molar-refractivity contribution in [1.29, 1.82) is 0 Å². The number of rotatable bonds is 12. The van der Waals surface area contributed by atoms with Crippen LogP contribution in [0.15, 0.2) is 65.3 Å². The molecule has 0 bridgehead atoms. The Labute approximate surface area is 234 Å².